The Labute approximate surface area is 154 Å². The first-order chi connectivity index (χ1) is 12.1. The molecule has 1 amide bonds. The van der Waals surface area contributed by atoms with Gasteiger partial charge in [-0.3, -0.25) is 4.90 Å². The van der Waals surface area contributed by atoms with Crippen LogP contribution in [-0.2, 0) is 9.47 Å². The van der Waals surface area contributed by atoms with Gasteiger partial charge >= 0.3 is 6.09 Å². The summed E-state index contributed by atoms with van der Waals surface area (Å²) in [6.07, 6.45) is 0.449. The molecule has 0 aromatic heterocycles. The Morgan fingerprint density at radius 1 is 1.35 bits per heavy atom. The van der Waals surface area contributed by atoms with Gasteiger partial charge in [0.1, 0.15) is 29.8 Å². The highest BCUT2D eigenvalue weighted by Gasteiger charge is 2.49. The predicted octanol–water partition coefficient (Wildman–Crippen LogP) is 3.20. The van der Waals surface area contributed by atoms with Crippen LogP contribution in [0.15, 0.2) is 30.3 Å². The number of nitrogens with zero attached hydrogens (tertiary/aromatic N) is 1. The number of benzene rings is 1. The minimum absolute atomic E-state index is 0.230. The van der Waals surface area contributed by atoms with Crippen LogP contribution in [0.4, 0.5) is 4.79 Å². The van der Waals surface area contributed by atoms with Crippen LogP contribution in [0.3, 0.4) is 0 Å². The van der Waals surface area contributed by atoms with Gasteiger partial charge in [0.2, 0.25) is 0 Å². The van der Waals surface area contributed by atoms with E-state index in [2.05, 4.69) is 0 Å². The average Bonchev–Trinajstić information content (AvgIpc) is 2.87. The summed E-state index contributed by atoms with van der Waals surface area (Å²) in [7, 11) is 0. The summed E-state index contributed by atoms with van der Waals surface area (Å²) in [5.74, 6) is 0.728. The zero-order valence-electron chi connectivity index (χ0n) is 16.0. The number of aliphatic hydroxyl groups is 1. The number of carbonyl (C=O) groups excluding carboxylic acids is 1. The van der Waals surface area contributed by atoms with Crippen LogP contribution < -0.4 is 4.74 Å². The van der Waals surface area contributed by atoms with Gasteiger partial charge in [-0.2, -0.15) is 0 Å². The number of fused-ring (bicyclic) bond motifs is 1. The second kappa shape index (κ2) is 6.59. The number of hydrogen-bond donors (Lipinski definition) is 1. The van der Waals surface area contributed by atoms with E-state index in [9.17, 15) is 9.90 Å². The number of hydrogen-bond acceptors (Lipinski definition) is 5. The third-order valence-corrected chi connectivity index (χ3v) is 4.53. The van der Waals surface area contributed by atoms with Crippen molar-refractivity contribution in [1.29, 1.82) is 0 Å². The largest absolute Gasteiger partial charge is 0.489 e. The molecule has 1 N–H and O–H groups in total. The fraction of sp³-hybridized carbons (Fsp3) is 0.550. The van der Waals surface area contributed by atoms with Crippen molar-refractivity contribution < 1.29 is 24.1 Å². The monoisotopic (exact) mass is 361 g/mol. The first-order valence-electron chi connectivity index (χ1n) is 8.87. The lowest BCUT2D eigenvalue weighted by atomic mass is 9.93. The molecule has 6 nitrogen and oxygen atoms in total. The number of aliphatic hydroxyl groups excluding tert-OH is 1. The normalized spacial score (nSPS) is 22.9. The third-order valence-electron chi connectivity index (χ3n) is 4.53. The van der Waals surface area contributed by atoms with Gasteiger partial charge in [0.15, 0.2) is 0 Å². The molecule has 26 heavy (non-hydrogen) atoms. The topological polar surface area (TPSA) is 68.2 Å². The van der Waals surface area contributed by atoms with Crippen LogP contribution in [0.2, 0.25) is 0 Å². The fourth-order valence-electron chi connectivity index (χ4n) is 3.38. The van der Waals surface area contributed by atoms with Crippen molar-refractivity contribution in [1.82, 2.24) is 4.90 Å². The van der Waals surface area contributed by atoms with E-state index >= 15 is 0 Å². The molecule has 1 aromatic rings. The smallest absolute Gasteiger partial charge is 0.413 e. The zero-order valence-corrected chi connectivity index (χ0v) is 16.0. The molecule has 0 saturated carbocycles. The Morgan fingerprint density at radius 2 is 2.04 bits per heavy atom. The Hall–Kier alpha value is -2.05. The molecule has 1 saturated heterocycles. The van der Waals surface area contributed by atoms with Crippen LogP contribution in [0.5, 0.6) is 5.75 Å². The second-order valence-electron chi connectivity index (χ2n) is 8.09. The Morgan fingerprint density at radius 3 is 2.73 bits per heavy atom. The highest BCUT2D eigenvalue weighted by molar-refractivity contribution is 5.77. The van der Waals surface area contributed by atoms with Crippen molar-refractivity contribution in [3.63, 3.8) is 0 Å². The maximum absolute atomic E-state index is 12.8. The van der Waals surface area contributed by atoms with Crippen LogP contribution in [0.25, 0.3) is 5.57 Å². The molecule has 2 atom stereocenters. The highest BCUT2D eigenvalue weighted by atomic mass is 16.6. The van der Waals surface area contributed by atoms with E-state index < -0.39 is 29.6 Å². The lowest BCUT2D eigenvalue weighted by molar-refractivity contribution is -0.0658. The second-order valence-corrected chi connectivity index (χ2v) is 8.09. The first-order valence-corrected chi connectivity index (χ1v) is 8.87. The van der Waals surface area contributed by atoms with Gasteiger partial charge in [0.25, 0.3) is 0 Å². The van der Waals surface area contributed by atoms with Gasteiger partial charge in [0.05, 0.1) is 12.6 Å². The maximum atomic E-state index is 12.8. The number of carbonyl (C=O) groups is 1. The van der Waals surface area contributed by atoms with Gasteiger partial charge in [-0.1, -0.05) is 18.2 Å². The van der Waals surface area contributed by atoms with Gasteiger partial charge in [-0.15, -0.1) is 0 Å². The van der Waals surface area contributed by atoms with Crippen LogP contribution in [0.1, 0.15) is 40.2 Å². The van der Waals surface area contributed by atoms with Gasteiger partial charge < -0.3 is 19.3 Å². The van der Waals surface area contributed by atoms with E-state index in [1.54, 1.807) is 13.8 Å². The van der Waals surface area contributed by atoms with Crippen LogP contribution >= 0.6 is 0 Å². The number of para-hydroxylation sites is 1. The average molecular weight is 361 g/mol. The molecule has 0 radical (unpaired) electrons. The van der Waals surface area contributed by atoms with Crippen LogP contribution in [0, 0.1) is 0 Å². The van der Waals surface area contributed by atoms with E-state index in [-0.39, 0.29) is 6.61 Å². The lowest BCUT2D eigenvalue weighted by Gasteiger charge is -2.37. The van der Waals surface area contributed by atoms with Crippen molar-refractivity contribution >= 4 is 11.7 Å². The summed E-state index contributed by atoms with van der Waals surface area (Å²) in [4.78, 5) is 14.3. The van der Waals surface area contributed by atoms with E-state index in [1.165, 1.54) is 4.90 Å². The molecule has 3 rings (SSSR count). The molecule has 0 aliphatic carbocycles. The lowest BCUT2D eigenvalue weighted by Crippen LogP contribution is -2.53. The fourth-order valence-corrected chi connectivity index (χ4v) is 3.38. The van der Waals surface area contributed by atoms with Crippen molar-refractivity contribution in [2.45, 2.75) is 58.1 Å². The molecule has 0 spiro atoms. The van der Waals surface area contributed by atoms with E-state index in [0.717, 1.165) is 16.9 Å². The van der Waals surface area contributed by atoms with Crippen molar-refractivity contribution in [3.05, 3.63) is 35.9 Å². The molecule has 2 heterocycles. The molecule has 0 bridgehead atoms. The predicted molar refractivity (Wildman–Crippen MR) is 97.8 cm³/mol. The van der Waals surface area contributed by atoms with Gasteiger partial charge in [-0.05, 0) is 52.3 Å². The first kappa shape index (κ1) is 18.7. The summed E-state index contributed by atoms with van der Waals surface area (Å²) in [6, 6.07) is 7.02. The van der Waals surface area contributed by atoms with Gasteiger partial charge in [-0.25, -0.2) is 4.79 Å². The molecule has 0 unspecified atom stereocenters. The molecule has 2 aliphatic heterocycles. The van der Waals surface area contributed by atoms with Gasteiger partial charge in [0, 0.05) is 5.56 Å². The number of ether oxygens (including phenoxy) is 3. The summed E-state index contributed by atoms with van der Waals surface area (Å²) in [5.41, 5.74) is 0.0847. The van der Waals surface area contributed by atoms with Crippen molar-refractivity contribution in [3.8, 4) is 5.75 Å². The number of amides is 1. The molecule has 6 heteroatoms. The van der Waals surface area contributed by atoms with E-state index in [4.69, 9.17) is 14.2 Å². The third kappa shape index (κ3) is 3.57. The Kier molecular flexibility index (Phi) is 4.75. The van der Waals surface area contributed by atoms with Crippen molar-refractivity contribution in [2.75, 3.05) is 13.2 Å². The molecule has 1 aromatic carbocycles. The van der Waals surface area contributed by atoms with E-state index in [0.29, 0.717) is 6.61 Å². The van der Waals surface area contributed by atoms with Crippen LogP contribution in [-0.4, -0.2) is 52.8 Å². The minimum Gasteiger partial charge on any atom is -0.489 e. The minimum atomic E-state index is -0.908. The molecular formula is C20H27NO5. The standard InChI is InChI=1S/C20H27NO5/c1-19(2,3)26-18(23)21-15(12-25-20(21,4)5)17(22)14-10-11-24-16-9-7-6-8-13(14)16/h6-10,15,17,22H,11-12H2,1-5H3/t15-,17-/m0/s1. The summed E-state index contributed by atoms with van der Waals surface area (Å²) < 4.78 is 17.0. The molecular weight excluding hydrogens is 334 g/mol. The Balaban J connectivity index is 1.89. The SMILES string of the molecule is CC(C)(C)OC(=O)N1[C@H]([C@@H](O)C2=CCOc3ccccc32)COC1(C)C. The molecule has 142 valence electrons. The molecule has 1 fully saturated rings. The summed E-state index contributed by atoms with van der Waals surface area (Å²) in [5, 5.41) is 11.1. The molecule has 2 aliphatic rings. The quantitative estimate of drug-likeness (QED) is 0.876. The summed E-state index contributed by atoms with van der Waals surface area (Å²) in [6.45, 7) is 9.67. The van der Waals surface area contributed by atoms with Crippen molar-refractivity contribution in [2.24, 2.45) is 0 Å². The maximum Gasteiger partial charge on any atom is 0.413 e. The Bertz CT molecular complexity index is 719. The highest BCUT2D eigenvalue weighted by Crippen LogP contribution is 2.38. The number of rotatable bonds is 2. The summed E-state index contributed by atoms with van der Waals surface area (Å²) >= 11 is 0. The van der Waals surface area contributed by atoms with E-state index in [1.807, 2.05) is 51.1 Å². The zero-order chi connectivity index (χ0) is 19.1.